The zero-order valence-electron chi connectivity index (χ0n) is 16.8. The Kier molecular flexibility index (Phi) is 4.43. The number of hydrogen-bond donors (Lipinski definition) is 0. The molecule has 0 unspecified atom stereocenters. The number of hydrogen-bond acceptors (Lipinski definition) is 6. The Labute approximate surface area is 169 Å². The first kappa shape index (κ1) is 18.1. The van der Waals surface area contributed by atoms with Crippen LogP contribution in [0.3, 0.4) is 0 Å². The Morgan fingerprint density at radius 1 is 1.10 bits per heavy atom. The molecule has 1 aromatic carbocycles. The summed E-state index contributed by atoms with van der Waals surface area (Å²) in [6.45, 7) is 8.55. The molecule has 8 heteroatoms. The van der Waals surface area contributed by atoms with Crippen LogP contribution in [0.1, 0.15) is 33.1 Å². The predicted molar refractivity (Wildman–Crippen MR) is 107 cm³/mol. The molecule has 1 saturated heterocycles. The molecule has 1 fully saturated rings. The molecule has 4 heterocycles. The van der Waals surface area contributed by atoms with Gasteiger partial charge in [0.2, 0.25) is 5.82 Å². The van der Waals surface area contributed by atoms with Crippen molar-refractivity contribution in [3.8, 4) is 5.75 Å². The first-order chi connectivity index (χ1) is 14.1. The van der Waals surface area contributed by atoms with Crippen molar-refractivity contribution in [3.05, 3.63) is 52.6 Å². The fourth-order valence-electron chi connectivity index (χ4n) is 4.10. The summed E-state index contributed by atoms with van der Waals surface area (Å²) in [5.74, 6) is 1.59. The maximum absolute atomic E-state index is 12.9. The Hall–Kier alpha value is -3.00. The largest absolute Gasteiger partial charge is 0.493 e. The van der Waals surface area contributed by atoms with Gasteiger partial charge in [-0.25, -0.2) is 9.50 Å². The second-order valence-corrected chi connectivity index (χ2v) is 7.80. The Bertz CT molecular complexity index is 1080. The van der Waals surface area contributed by atoms with E-state index < -0.39 is 0 Å². The van der Waals surface area contributed by atoms with Crippen molar-refractivity contribution in [2.24, 2.45) is 0 Å². The summed E-state index contributed by atoms with van der Waals surface area (Å²) in [7, 11) is 0. The number of carbonyl (C=O) groups is 1. The Morgan fingerprint density at radius 2 is 1.93 bits per heavy atom. The number of amides is 1. The molecular weight excluding hydrogens is 368 g/mol. The highest BCUT2D eigenvalue weighted by Crippen LogP contribution is 2.26. The molecule has 8 nitrogen and oxygen atoms in total. The van der Waals surface area contributed by atoms with E-state index in [1.165, 1.54) is 11.1 Å². The first-order valence-corrected chi connectivity index (χ1v) is 10.0. The van der Waals surface area contributed by atoms with Gasteiger partial charge in [0.25, 0.3) is 11.7 Å². The molecule has 150 valence electrons. The van der Waals surface area contributed by atoms with E-state index in [1.54, 1.807) is 4.52 Å². The van der Waals surface area contributed by atoms with Crippen LogP contribution in [0, 0.1) is 13.8 Å². The number of carbonyl (C=O) groups excluding carboxylic acids is 1. The number of piperazine rings is 1. The average molecular weight is 392 g/mol. The third kappa shape index (κ3) is 3.44. The highest BCUT2D eigenvalue weighted by Gasteiger charge is 2.26. The van der Waals surface area contributed by atoms with Crippen LogP contribution in [0.25, 0.3) is 5.78 Å². The third-order valence-electron chi connectivity index (χ3n) is 5.63. The Balaban J connectivity index is 1.23. The molecular formula is C21H24N6O2. The van der Waals surface area contributed by atoms with Gasteiger partial charge in [0.05, 0.1) is 6.61 Å². The predicted octanol–water partition coefficient (Wildman–Crippen LogP) is 1.63. The standard InChI is InChI=1S/C21H24N6O2/c1-14-11-15(2)27-21(22-14)23-19(24-27)20(28)26-8-6-25(7-9-26)13-16-3-4-18-17(12-16)5-10-29-18/h3-4,11-12H,5-10,13H2,1-2H3. The van der Waals surface area contributed by atoms with Crippen LogP contribution in [0.4, 0.5) is 0 Å². The van der Waals surface area contributed by atoms with Crippen LogP contribution in [-0.2, 0) is 13.0 Å². The summed E-state index contributed by atoms with van der Waals surface area (Å²) in [5, 5.41) is 4.37. The minimum Gasteiger partial charge on any atom is -0.493 e. The monoisotopic (exact) mass is 392 g/mol. The number of fused-ring (bicyclic) bond motifs is 2. The number of aryl methyl sites for hydroxylation is 2. The van der Waals surface area contributed by atoms with Crippen LogP contribution in [0.5, 0.6) is 5.75 Å². The SMILES string of the molecule is Cc1cc(C)n2nc(C(=O)N3CCN(Cc4ccc5c(c4)CCO5)CC3)nc2n1. The average Bonchev–Trinajstić information content (AvgIpc) is 3.34. The lowest BCUT2D eigenvalue weighted by Gasteiger charge is -2.34. The molecule has 0 radical (unpaired) electrons. The zero-order valence-corrected chi connectivity index (χ0v) is 16.8. The van der Waals surface area contributed by atoms with Gasteiger partial charge in [-0.2, -0.15) is 4.98 Å². The molecule has 1 amide bonds. The maximum atomic E-state index is 12.9. The van der Waals surface area contributed by atoms with Crippen LogP contribution < -0.4 is 4.74 Å². The van der Waals surface area contributed by atoms with Gasteiger partial charge in [0.15, 0.2) is 0 Å². The van der Waals surface area contributed by atoms with Gasteiger partial charge in [0.1, 0.15) is 5.75 Å². The fourth-order valence-corrected chi connectivity index (χ4v) is 4.10. The summed E-state index contributed by atoms with van der Waals surface area (Å²) in [6, 6.07) is 8.39. The fraction of sp³-hybridized carbons (Fsp3) is 0.429. The quantitative estimate of drug-likeness (QED) is 0.674. The third-order valence-corrected chi connectivity index (χ3v) is 5.63. The van der Waals surface area contributed by atoms with Gasteiger partial charge in [-0.05, 0) is 37.1 Å². The zero-order chi connectivity index (χ0) is 20.0. The van der Waals surface area contributed by atoms with Crippen LogP contribution >= 0.6 is 0 Å². The van der Waals surface area contributed by atoms with Crippen LogP contribution in [0.2, 0.25) is 0 Å². The van der Waals surface area contributed by atoms with E-state index >= 15 is 0 Å². The van der Waals surface area contributed by atoms with E-state index in [4.69, 9.17) is 4.74 Å². The summed E-state index contributed by atoms with van der Waals surface area (Å²) < 4.78 is 7.22. The van der Waals surface area contributed by atoms with Gasteiger partial charge in [-0.1, -0.05) is 12.1 Å². The molecule has 0 spiro atoms. The number of rotatable bonds is 3. The number of benzene rings is 1. The maximum Gasteiger partial charge on any atom is 0.293 e. The molecule has 0 N–H and O–H groups in total. The first-order valence-electron chi connectivity index (χ1n) is 10.0. The van der Waals surface area contributed by atoms with Crippen molar-refractivity contribution in [1.82, 2.24) is 29.4 Å². The van der Waals surface area contributed by atoms with Gasteiger partial charge in [0, 0.05) is 50.5 Å². The van der Waals surface area contributed by atoms with Crippen LogP contribution in [0.15, 0.2) is 24.3 Å². The minimum atomic E-state index is -0.123. The van der Waals surface area contributed by atoms with Gasteiger partial charge in [-0.3, -0.25) is 9.69 Å². The van der Waals surface area contributed by atoms with Crippen molar-refractivity contribution in [2.45, 2.75) is 26.8 Å². The smallest absolute Gasteiger partial charge is 0.293 e. The Morgan fingerprint density at radius 3 is 2.76 bits per heavy atom. The summed E-state index contributed by atoms with van der Waals surface area (Å²) in [5.41, 5.74) is 4.39. The molecule has 3 aromatic rings. The molecule has 2 aromatic heterocycles. The van der Waals surface area contributed by atoms with E-state index in [-0.39, 0.29) is 11.7 Å². The van der Waals surface area contributed by atoms with Gasteiger partial charge >= 0.3 is 0 Å². The van der Waals surface area contributed by atoms with Crippen molar-refractivity contribution < 1.29 is 9.53 Å². The van der Waals surface area contributed by atoms with E-state index in [0.29, 0.717) is 18.9 Å². The molecule has 0 atom stereocenters. The minimum absolute atomic E-state index is 0.123. The van der Waals surface area contributed by atoms with Crippen molar-refractivity contribution in [1.29, 1.82) is 0 Å². The highest BCUT2D eigenvalue weighted by atomic mass is 16.5. The summed E-state index contributed by atoms with van der Waals surface area (Å²) in [4.78, 5) is 25.8. The summed E-state index contributed by atoms with van der Waals surface area (Å²) >= 11 is 0. The van der Waals surface area contributed by atoms with Crippen LogP contribution in [-0.4, -0.2) is 68.1 Å². The number of nitrogens with zero attached hydrogens (tertiary/aromatic N) is 6. The second-order valence-electron chi connectivity index (χ2n) is 7.80. The molecule has 2 aliphatic rings. The lowest BCUT2D eigenvalue weighted by Crippen LogP contribution is -2.48. The number of aromatic nitrogens is 4. The van der Waals surface area contributed by atoms with Gasteiger partial charge in [-0.15, -0.1) is 5.10 Å². The van der Waals surface area contributed by atoms with E-state index in [2.05, 4.69) is 38.2 Å². The van der Waals surface area contributed by atoms with Crippen molar-refractivity contribution in [2.75, 3.05) is 32.8 Å². The van der Waals surface area contributed by atoms with E-state index in [1.807, 2.05) is 24.8 Å². The van der Waals surface area contributed by atoms with E-state index in [9.17, 15) is 4.79 Å². The molecule has 5 rings (SSSR count). The van der Waals surface area contributed by atoms with Gasteiger partial charge < -0.3 is 9.64 Å². The lowest BCUT2D eigenvalue weighted by atomic mass is 10.1. The second kappa shape index (κ2) is 7.11. The molecule has 29 heavy (non-hydrogen) atoms. The topological polar surface area (TPSA) is 75.9 Å². The normalized spacial score (nSPS) is 16.8. The summed E-state index contributed by atoms with van der Waals surface area (Å²) in [6.07, 6.45) is 0.991. The molecule has 0 bridgehead atoms. The van der Waals surface area contributed by atoms with E-state index in [0.717, 1.165) is 49.8 Å². The molecule has 0 saturated carbocycles. The van der Waals surface area contributed by atoms with Crippen molar-refractivity contribution in [3.63, 3.8) is 0 Å². The number of ether oxygens (including phenoxy) is 1. The van der Waals surface area contributed by atoms with Crippen molar-refractivity contribution >= 4 is 11.7 Å². The molecule has 0 aliphatic carbocycles. The lowest BCUT2D eigenvalue weighted by molar-refractivity contribution is 0.0616. The highest BCUT2D eigenvalue weighted by molar-refractivity contribution is 5.91. The molecule has 2 aliphatic heterocycles.